The lowest BCUT2D eigenvalue weighted by Gasteiger charge is -2.07. The molecule has 0 radical (unpaired) electrons. The molecule has 1 aromatic heterocycles. The highest BCUT2D eigenvalue weighted by molar-refractivity contribution is 9.10. The van der Waals surface area contributed by atoms with E-state index in [0.717, 1.165) is 32.4 Å². The van der Waals surface area contributed by atoms with Gasteiger partial charge in [0.2, 0.25) is 0 Å². The number of nitrogens with zero attached hydrogens (tertiary/aromatic N) is 2. The van der Waals surface area contributed by atoms with Crippen LogP contribution in [0.3, 0.4) is 0 Å². The average molecular weight is 391 g/mol. The normalized spacial score (nSPS) is 10.7. The van der Waals surface area contributed by atoms with Crippen LogP contribution in [-0.4, -0.2) is 9.97 Å². The Morgan fingerprint density at radius 3 is 2.56 bits per heavy atom. The van der Waals surface area contributed by atoms with Crippen molar-refractivity contribution in [1.29, 1.82) is 0 Å². The third kappa shape index (κ3) is 3.11. The van der Waals surface area contributed by atoms with Gasteiger partial charge in [0.05, 0.1) is 10.2 Å². The highest BCUT2D eigenvalue weighted by Crippen LogP contribution is 2.25. The molecule has 0 fully saturated rings. The molecule has 5 heteroatoms. The number of rotatable bonds is 3. The molecule has 1 heterocycles. The second-order valence-electron chi connectivity index (χ2n) is 3.81. The van der Waals surface area contributed by atoms with Gasteiger partial charge < -0.3 is 0 Å². The largest absolute Gasteiger partial charge is 0.236 e. The summed E-state index contributed by atoms with van der Waals surface area (Å²) in [6.45, 7) is 2.05. The Labute approximate surface area is 128 Å². The fraction of sp³-hybridized carbons (Fsp3) is 0.231. The van der Waals surface area contributed by atoms with Crippen molar-refractivity contribution in [2.24, 2.45) is 0 Å². The molecule has 18 heavy (non-hydrogen) atoms. The number of halogens is 3. The number of aromatic nitrogens is 2. The van der Waals surface area contributed by atoms with Crippen LogP contribution in [0.15, 0.2) is 33.2 Å². The van der Waals surface area contributed by atoms with E-state index in [4.69, 9.17) is 11.6 Å². The Morgan fingerprint density at radius 2 is 1.89 bits per heavy atom. The molecule has 0 atom stereocenters. The molecular weight excluding hydrogens is 379 g/mol. The third-order valence-corrected chi connectivity index (χ3v) is 4.68. The molecule has 0 unspecified atom stereocenters. The SMILES string of the molecule is CCc1nc(Cc2ccccc2Br)nc(Cl)c1Br. The first-order valence-corrected chi connectivity index (χ1v) is 7.52. The summed E-state index contributed by atoms with van der Waals surface area (Å²) in [4.78, 5) is 8.83. The molecule has 0 aliphatic carbocycles. The topological polar surface area (TPSA) is 25.8 Å². The van der Waals surface area contributed by atoms with Crippen molar-refractivity contribution in [3.63, 3.8) is 0 Å². The fourth-order valence-electron chi connectivity index (χ4n) is 1.64. The summed E-state index contributed by atoms with van der Waals surface area (Å²) in [5, 5.41) is 0.476. The Morgan fingerprint density at radius 1 is 1.17 bits per heavy atom. The number of benzene rings is 1. The standard InChI is InChI=1S/C13H11Br2ClN2/c1-2-10-12(15)13(16)18-11(17-10)7-8-5-3-4-6-9(8)14/h3-6H,2,7H2,1H3. The van der Waals surface area contributed by atoms with Crippen LogP contribution in [0.1, 0.15) is 24.0 Å². The van der Waals surface area contributed by atoms with Crippen molar-refractivity contribution in [3.8, 4) is 0 Å². The minimum Gasteiger partial charge on any atom is -0.236 e. The molecule has 0 saturated heterocycles. The Hall–Kier alpha value is -0.450. The van der Waals surface area contributed by atoms with Crippen LogP contribution in [0, 0.1) is 0 Å². The van der Waals surface area contributed by atoms with Crippen LogP contribution in [0.25, 0.3) is 0 Å². The predicted octanol–water partition coefficient (Wildman–Crippen LogP) is 4.81. The maximum atomic E-state index is 6.09. The molecule has 0 N–H and O–H groups in total. The van der Waals surface area contributed by atoms with Crippen molar-refractivity contribution >= 4 is 43.5 Å². The van der Waals surface area contributed by atoms with Crippen molar-refractivity contribution in [1.82, 2.24) is 9.97 Å². The van der Waals surface area contributed by atoms with Crippen LogP contribution in [0.4, 0.5) is 0 Å². The zero-order valence-corrected chi connectivity index (χ0v) is 13.7. The number of aryl methyl sites for hydroxylation is 1. The van der Waals surface area contributed by atoms with Crippen molar-refractivity contribution in [2.75, 3.05) is 0 Å². The summed E-state index contributed by atoms with van der Waals surface area (Å²) >= 11 is 13.0. The Balaban J connectivity index is 2.36. The summed E-state index contributed by atoms with van der Waals surface area (Å²) in [5.41, 5.74) is 2.09. The molecule has 2 rings (SSSR count). The minimum atomic E-state index is 0.476. The van der Waals surface area contributed by atoms with Gasteiger partial charge in [0, 0.05) is 10.9 Å². The van der Waals surface area contributed by atoms with Crippen LogP contribution in [0.2, 0.25) is 5.15 Å². The van der Waals surface area contributed by atoms with E-state index in [1.54, 1.807) is 0 Å². The summed E-state index contributed by atoms with van der Waals surface area (Å²) in [7, 11) is 0. The maximum absolute atomic E-state index is 6.09. The van der Waals surface area contributed by atoms with E-state index in [-0.39, 0.29) is 0 Å². The van der Waals surface area contributed by atoms with Gasteiger partial charge >= 0.3 is 0 Å². The lowest BCUT2D eigenvalue weighted by Crippen LogP contribution is -2.02. The van der Waals surface area contributed by atoms with Gasteiger partial charge in [0.25, 0.3) is 0 Å². The zero-order chi connectivity index (χ0) is 13.1. The van der Waals surface area contributed by atoms with Crippen LogP contribution in [-0.2, 0) is 12.8 Å². The van der Waals surface area contributed by atoms with Crippen molar-refractivity contribution in [2.45, 2.75) is 19.8 Å². The summed E-state index contributed by atoms with van der Waals surface area (Å²) in [6.07, 6.45) is 1.49. The first-order chi connectivity index (χ1) is 8.61. The summed E-state index contributed by atoms with van der Waals surface area (Å²) < 4.78 is 1.85. The maximum Gasteiger partial charge on any atom is 0.147 e. The van der Waals surface area contributed by atoms with E-state index in [1.807, 2.05) is 25.1 Å². The van der Waals surface area contributed by atoms with Crippen LogP contribution in [0.5, 0.6) is 0 Å². The van der Waals surface area contributed by atoms with Gasteiger partial charge in [-0.15, -0.1) is 0 Å². The smallest absolute Gasteiger partial charge is 0.147 e. The van der Waals surface area contributed by atoms with E-state index in [0.29, 0.717) is 11.6 Å². The second-order valence-corrected chi connectivity index (χ2v) is 5.82. The Bertz CT molecular complexity index is 573. The minimum absolute atomic E-state index is 0.476. The second kappa shape index (κ2) is 6.13. The van der Waals surface area contributed by atoms with Crippen LogP contribution < -0.4 is 0 Å². The molecule has 0 saturated carbocycles. The molecule has 0 bridgehead atoms. The number of hydrogen-bond acceptors (Lipinski definition) is 2. The van der Waals surface area contributed by atoms with E-state index < -0.39 is 0 Å². The lowest BCUT2D eigenvalue weighted by molar-refractivity contribution is 0.895. The molecule has 94 valence electrons. The van der Waals surface area contributed by atoms with Crippen molar-refractivity contribution < 1.29 is 0 Å². The average Bonchev–Trinajstić information content (AvgIpc) is 2.36. The summed E-state index contributed by atoms with van der Waals surface area (Å²) in [5.74, 6) is 0.743. The first-order valence-electron chi connectivity index (χ1n) is 5.56. The van der Waals surface area contributed by atoms with E-state index in [2.05, 4.69) is 47.9 Å². The van der Waals surface area contributed by atoms with E-state index in [9.17, 15) is 0 Å². The van der Waals surface area contributed by atoms with Gasteiger partial charge in [-0.25, -0.2) is 9.97 Å². The quantitative estimate of drug-likeness (QED) is 0.703. The molecule has 2 aromatic rings. The van der Waals surface area contributed by atoms with Gasteiger partial charge in [-0.1, -0.05) is 52.7 Å². The molecule has 1 aromatic carbocycles. The predicted molar refractivity (Wildman–Crippen MR) is 81.1 cm³/mol. The molecule has 0 aliphatic heterocycles. The number of hydrogen-bond donors (Lipinski definition) is 0. The summed E-state index contributed by atoms with van der Waals surface area (Å²) in [6, 6.07) is 8.05. The Kier molecular flexibility index (Phi) is 4.76. The van der Waals surface area contributed by atoms with E-state index in [1.165, 1.54) is 0 Å². The van der Waals surface area contributed by atoms with Gasteiger partial charge in [0.1, 0.15) is 11.0 Å². The van der Waals surface area contributed by atoms with Crippen LogP contribution >= 0.6 is 43.5 Å². The van der Waals surface area contributed by atoms with Crippen molar-refractivity contribution in [3.05, 3.63) is 55.4 Å². The van der Waals surface area contributed by atoms with E-state index >= 15 is 0 Å². The molecular formula is C13H11Br2ClN2. The van der Waals surface area contributed by atoms with Gasteiger partial charge in [-0.2, -0.15) is 0 Å². The van der Waals surface area contributed by atoms with Gasteiger partial charge in [-0.05, 0) is 34.0 Å². The first kappa shape index (κ1) is 14.0. The lowest BCUT2D eigenvalue weighted by atomic mass is 10.1. The van der Waals surface area contributed by atoms with Gasteiger partial charge in [-0.3, -0.25) is 0 Å². The zero-order valence-electron chi connectivity index (χ0n) is 9.75. The highest BCUT2D eigenvalue weighted by atomic mass is 79.9. The monoisotopic (exact) mass is 388 g/mol. The molecule has 2 nitrogen and oxygen atoms in total. The highest BCUT2D eigenvalue weighted by Gasteiger charge is 2.10. The third-order valence-electron chi connectivity index (χ3n) is 2.57. The van der Waals surface area contributed by atoms with Gasteiger partial charge in [0.15, 0.2) is 0 Å². The fourth-order valence-corrected chi connectivity index (χ4v) is 2.73. The molecule has 0 aliphatic rings. The molecule has 0 spiro atoms. The molecule has 0 amide bonds.